The predicted octanol–water partition coefficient (Wildman–Crippen LogP) is 3.31. The quantitative estimate of drug-likeness (QED) is 0.591. The zero-order valence-electron chi connectivity index (χ0n) is 9.17. The van der Waals surface area contributed by atoms with Crippen LogP contribution in [0, 0.1) is 0 Å². The fourth-order valence-corrected chi connectivity index (χ4v) is 1.41. The van der Waals surface area contributed by atoms with Crippen molar-refractivity contribution in [1.29, 1.82) is 0 Å². The van der Waals surface area contributed by atoms with Crippen LogP contribution in [0.15, 0.2) is 59.6 Å². The number of para-hydroxylation sites is 1. The second-order valence-corrected chi connectivity index (χ2v) is 3.47. The lowest BCUT2D eigenvalue weighted by Gasteiger charge is -2.05. The van der Waals surface area contributed by atoms with Crippen molar-refractivity contribution < 1.29 is 9.53 Å². The summed E-state index contributed by atoms with van der Waals surface area (Å²) in [4.78, 5) is 13.5. The molecule has 0 aliphatic rings. The molecule has 0 atom stereocenters. The van der Waals surface area contributed by atoms with Crippen LogP contribution in [-0.2, 0) is 11.3 Å². The zero-order valence-corrected chi connectivity index (χ0v) is 9.17. The van der Waals surface area contributed by atoms with Gasteiger partial charge in [0.25, 0.3) is 0 Å². The third kappa shape index (κ3) is 3.30. The van der Waals surface area contributed by atoms with Gasteiger partial charge in [-0.3, -0.25) is 0 Å². The van der Waals surface area contributed by atoms with E-state index in [-0.39, 0.29) is 0 Å². The van der Waals surface area contributed by atoms with Crippen molar-refractivity contribution in [3.8, 4) is 11.5 Å². The van der Waals surface area contributed by atoms with E-state index in [1.807, 2.05) is 54.6 Å². The van der Waals surface area contributed by atoms with Gasteiger partial charge in [0.05, 0.1) is 6.54 Å². The summed E-state index contributed by atoms with van der Waals surface area (Å²) in [5, 5.41) is 0. The Balaban J connectivity index is 2.05. The van der Waals surface area contributed by atoms with E-state index >= 15 is 0 Å². The van der Waals surface area contributed by atoms with E-state index in [1.54, 1.807) is 0 Å². The number of benzene rings is 2. The Morgan fingerprint density at radius 1 is 0.941 bits per heavy atom. The SMILES string of the molecule is O=C=NCc1ccc(Oc2ccccc2)cc1. The molecule has 0 heterocycles. The fraction of sp³-hybridized carbons (Fsp3) is 0.0714. The fourth-order valence-electron chi connectivity index (χ4n) is 1.41. The molecule has 17 heavy (non-hydrogen) atoms. The molecule has 0 aliphatic heterocycles. The molecule has 0 unspecified atom stereocenters. The molecule has 2 rings (SSSR count). The second kappa shape index (κ2) is 5.64. The zero-order chi connectivity index (χ0) is 11.9. The number of rotatable bonds is 4. The topological polar surface area (TPSA) is 38.7 Å². The van der Waals surface area contributed by atoms with Crippen LogP contribution in [0.3, 0.4) is 0 Å². The van der Waals surface area contributed by atoms with Gasteiger partial charge in [0.15, 0.2) is 0 Å². The van der Waals surface area contributed by atoms with Crippen LogP contribution >= 0.6 is 0 Å². The monoisotopic (exact) mass is 225 g/mol. The van der Waals surface area contributed by atoms with E-state index in [1.165, 1.54) is 6.08 Å². The minimum Gasteiger partial charge on any atom is -0.457 e. The van der Waals surface area contributed by atoms with Crippen molar-refractivity contribution in [3.63, 3.8) is 0 Å². The molecule has 3 nitrogen and oxygen atoms in total. The van der Waals surface area contributed by atoms with E-state index in [9.17, 15) is 4.79 Å². The van der Waals surface area contributed by atoms with Crippen LogP contribution in [0.5, 0.6) is 11.5 Å². The molecule has 0 bridgehead atoms. The summed E-state index contributed by atoms with van der Waals surface area (Å²) >= 11 is 0. The summed E-state index contributed by atoms with van der Waals surface area (Å²) < 4.78 is 5.63. The van der Waals surface area contributed by atoms with Crippen molar-refractivity contribution in [2.24, 2.45) is 4.99 Å². The first-order valence-corrected chi connectivity index (χ1v) is 5.24. The van der Waals surface area contributed by atoms with Crippen LogP contribution in [0.4, 0.5) is 0 Å². The summed E-state index contributed by atoms with van der Waals surface area (Å²) in [6.07, 6.45) is 1.51. The average molecular weight is 225 g/mol. The molecule has 0 aromatic heterocycles. The molecule has 2 aromatic rings. The molecular formula is C14H11NO2. The number of hydrogen-bond donors (Lipinski definition) is 0. The van der Waals surface area contributed by atoms with E-state index in [4.69, 9.17) is 4.74 Å². The molecule has 0 radical (unpaired) electrons. The van der Waals surface area contributed by atoms with Crippen LogP contribution in [0.1, 0.15) is 5.56 Å². The molecule has 0 saturated carbocycles. The van der Waals surface area contributed by atoms with Crippen LogP contribution in [0.2, 0.25) is 0 Å². The lowest BCUT2D eigenvalue weighted by atomic mass is 10.2. The summed E-state index contributed by atoms with van der Waals surface area (Å²) in [7, 11) is 0. The maximum absolute atomic E-state index is 9.97. The van der Waals surface area contributed by atoms with Gasteiger partial charge in [-0.05, 0) is 29.8 Å². The molecule has 0 saturated heterocycles. The Morgan fingerprint density at radius 3 is 2.24 bits per heavy atom. The summed E-state index contributed by atoms with van der Waals surface area (Å²) in [5.74, 6) is 1.56. The molecule has 0 spiro atoms. The third-order valence-electron chi connectivity index (χ3n) is 2.23. The minimum absolute atomic E-state index is 0.356. The van der Waals surface area contributed by atoms with E-state index < -0.39 is 0 Å². The van der Waals surface area contributed by atoms with Crippen molar-refractivity contribution in [2.45, 2.75) is 6.54 Å². The number of nitrogens with zero attached hydrogens (tertiary/aromatic N) is 1. The molecule has 0 fully saturated rings. The first-order valence-electron chi connectivity index (χ1n) is 5.24. The first-order chi connectivity index (χ1) is 8.38. The van der Waals surface area contributed by atoms with Gasteiger partial charge in [0.2, 0.25) is 6.08 Å². The second-order valence-electron chi connectivity index (χ2n) is 3.47. The third-order valence-corrected chi connectivity index (χ3v) is 2.23. The Bertz CT molecular complexity index is 514. The number of ether oxygens (including phenoxy) is 1. The normalized spacial score (nSPS) is 9.41. The van der Waals surface area contributed by atoms with Crippen LogP contribution < -0.4 is 4.74 Å². The molecular weight excluding hydrogens is 214 g/mol. The van der Waals surface area contributed by atoms with Gasteiger partial charge in [-0.2, -0.15) is 0 Å². The molecule has 0 N–H and O–H groups in total. The highest BCUT2D eigenvalue weighted by molar-refractivity contribution is 5.35. The molecule has 2 aromatic carbocycles. The van der Waals surface area contributed by atoms with Gasteiger partial charge in [-0.15, -0.1) is 0 Å². The highest BCUT2D eigenvalue weighted by Gasteiger charge is 1.96. The summed E-state index contributed by atoms with van der Waals surface area (Å²) in [6.45, 7) is 0.356. The maximum Gasteiger partial charge on any atom is 0.235 e. The van der Waals surface area contributed by atoms with Crippen molar-refractivity contribution >= 4 is 6.08 Å². The van der Waals surface area contributed by atoms with Gasteiger partial charge in [-0.25, -0.2) is 9.79 Å². The number of aliphatic imine (C=N–C) groups is 1. The minimum atomic E-state index is 0.356. The number of carbonyl (C=O) groups excluding carboxylic acids is 1. The van der Waals surface area contributed by atoms with Gasteiger partial charge in [0, 0.05) is 0 Å². The lowest BCUT2D eigenvalue weighted by molar-refractivity contribution is 0.482. The summed E-state index contributed by atoms with van der Waals surface area (Å²) in [6, 6.07) is 17.0. The smallest absolute Gasteiger partial charge is 0.235 e. The summed E-state index contributed by atoms with van der Waals surface area (Å²) in [5.41, 5.74) is 0.953. The Labute approximate surface area is 99.4 Å². The Hall–Kier alpha value is -2.38. The van der Waals surface area contributed by atoms with Crippen molar-refractivity contribution in [1.82, 2.24) is 0 Å². The molecule has 84 valence electrons. The number of hydrogen-bond acceptors (Lipinski definition) is 3. The standard InChI is InChI=1S/C14H11NO2/c16-11-15-10-12-6-8-14(9-7-12)17-13-4-2-1-3-5-13/h1-9H,10H2. The van der Waals surface area contributed by atoms with E-state index in [0.29, 0.717) is 6.54 Å². The molecule has 3 heteroatoms. The Morgan fingerprint density at radius 2 is 1.59 bits per heavy atom. The van der Waals surface area contributed by atoms with E-state index in [0.717, 1.165) is 17.1 Å². The van der Waals surface area contributed by atoms with Gasteiger partial charge in [-0.1, -0.05) is 30.3 Å². The Kier molecular flexibility index (Phi) is 3.68. The highest BCUT2D eigenvalue weighted by atomic mass is 16.5. The predicted molar refractivity (Wildman–Crippen MR) is 64.8 cm³/mol. The van der Waals surface area contributed by atoms with Crippen LogP contribution in [-0.4, -0.2) is 6.08 Å². The van der Waals surface area contributed by atoms with E-state index in [2.05, 4.69) is 4.99 Å². The maximum atomic E-state index is 9.97. The highest BCUT2D eigenvalue weighted by Crippen LogP contribution is 2.21. The first kappa shape index (κ1) is 11.1. The average Bonchev–Trinajstić information content (AvgIpc) is 2.39. The van der Waals surface area contributed by atoms with Crippen molar-refractivity contribution in [2.75, 3.05) is 0 Å². The van der Waals surface area contributed by atoms with Gasteiger partial charge in [0.1, 0.15) is 11.5 Å². The largest absolute Gasteiger partial charge is 0.457 e. The molecule has 0 aliphatic carbocycles. The van der Waals surface area contributed by atoms with Gasteiger partial charge >= 0.3 is 0 Å². The van der Waals surface area contributed by atoms with Crippen LogP contribution in [0.25, 0.3) is 0 Å². The number of isocyanates is 1. The van der Waals surface area contributed by atoms with Gasteiger partial charge < -0.3 is 4.74 Å². The molecule has 0 amide bonds. The lowest BCUT2D eigenvalue weighted by Crippen LogP contribution is -1.85. The van der Waals surface area contributed by atoms with Crippen molar-refractivity contribution in [3.05, 3.63) is 60.2 Å².